The van der Waals surface area contributed by atoms with Gasteiger partial charge < -0.3 is 10.0 Å². The third-order valence-electron chi connectivity index (χ3n) is 3.18. The van der Waals surface area contributed by atoms with Gasteiger partial charge in [-0.15, -0.1) is 11.6 Å². The molecule has 7 heteroatoms. The molecule has 0 spiro atoms. The molecule has 0 radical (unpaired) electrons. The molecule has 1 fully saturated rings. The van der Waals surface area contributed by atoms with Crippen molar-refractivity contribution in [2.45, 2.75) is 0 Å². The third kappa shape index (κ3) is 3.52. The molecule has 0 aromatic heterocycles. The molecular formula is C12H17ClN2O3S. The van der Waals surface area contributed by atoms with E-state index >= 15 is 0 Å². The largest absolute Gasteiger partial charge is 0.508 e. The fourth-order valence-electron chi connectivity index (χ4n) is 2.11. The van der Waals surface area contributed by atoms with Crippen LogP contribution in [-0.4, -0.2) is 55.6 Å². The Labute approximate surface area is 118 Å². The number of hydrogen-bond donors (Lipinski definition) is 1. The summed E-state index contributed by atoms with van der Waals surface area (Å²) in [5.74, 6) is 0.348. The summed E-state index contributed by atoms with van der Waals surface area (Å²) in [7, 11) is -3.21. The molecule has 0 bridgehead atoms. The normalized spacial score (nSPS) is 17.6. The van der Waals surface area contributed by atoms with Crippen molar-refractivity contribution in [3.05, 3.63) is 24.3 Å². The van der Waals surface area contributed by atoms with Gasteiger partial charge >= 0.3 is 0 Å². The average molecular weight is 305 g/mol. The van der Waals surface area contributed by atoms with Crippen LogP contribution < -0.4 is 4.90 Å². The van der Waals surface area contributed by atoms with Crippen LogP contribution in [-0.2, 0) is 10.0 Å². The van der Waals surface area contributed by atoms with Gasteiger partial charge in [0.1, 0.15) is 5.75 Å². The lowest BCUT2D eigenvalue weighted by Gasteiger charge is -2.35. The van der Waals surface area contributed by atoms with E-state index in [-0.39, 0.29) is 17.4 Å². The minimum atomic E-state index is -3.21. The Morgan fingerprint density at radius 1 is 1.11 bits per heavy atom. The number of hydrogen-bond acceptors (Lipinski definition) is 4. The van der Waals surface area contributed by atoms with Crippen molar-refractivity contribution in [2.75, 3.05) is 42.7 Å². The van der Waals surface area contributed by atoms with Crippen molar-refractivity contribution in [3.63, 3.8) is 0 Å². The van der Waals surface area contributed by atoms with E-state index in [1.165, 1.54) is 4.31 Å². The molecule has 1 aromatic carbocycles. The third-order valence-corrected chi connectivity index (χ3v) is 5.47. The molecule has 2 rings (SSSR count). The average Bonchev–Trinajstić information content (AvgIpc) is 2.40. The monoisotopic (exact) mass is 304 g/mol. The standard InChI is InChI=1S/C12H17ClN2O3S/c13-5-10-19(17,18)15-8-6-14(7-9-15)11-1-3-12(16)4-2-11/h1-4,16H,5-10H2. The Balaban J connectivity index is 1.98. The number of nitrogens with zero attached hydrogens (tertiary/aromatic N) is 2. The molecule has 1 aromatic rings. The number of sulfonamides is 1. The van der Waals surface area contributed by atoms with Crippen LogP contribution >= 0.6 is 11.6 Å². The molecule has 0 atom stereocenters. The van der Waals surface area contributed by atoms with Crippen LogP contribution in [0.2, 0.25) is 0 Å². The second-order valence-electron chi connectivity index (χ2n) is 4.41. The Morgan fingerprint density at radius 2 is 1.68 bits per heavy atom. The van der Waals surface area contributed by atoms with Crippen molar-refractivity contribution < 1.29 is 13.5 Å². The quantitative estimate of drug-likeness (QED) is 0.846. The Hall–Kier alpha value is -0.980. The molecule has 0 amide bonds. The molecule has 0 aliphatic carbocycles. The molecule has 0 unspecified atom stereocenters. The highest BCUT2D eigenvalue weighted by Crippen LogP contribution is 2.20. The Morgan fingerprint density at radius 3 is 2.21 bits per heavy atom. The smallest absolute Gasteiger partial charge is 0.215 e. The second kappa shape index (κ2) is 5.98. The highest BCUT2D eigenvalue weighted by molar-refractivity contribution is 7.89. The predicted octanol–water partition coefficient (Wildman–Crippen LogP) is 1.08. The number of anilines is 1. The van der Waals surface area contributed by atoms with E-state index in [1.807, 2.05) is 12.1 Å². The van der Waals surface area contributed by atoms with Gasteiger partial charge in [-0.1, -0.05) is 0 Å². The van der Waals surface area contributed by atoms with E-state index in [2.05, 4.69) is 4.90 Å². The molecule has 1 heterocycles. The Bertz CT molecular complexity index is 510. The fraction of sp³-hybridized carbons (Fsp3) is 0.500. The molecule has 0 saturated carbocycles. The summed E-state index contributed by atoms with van der Waals surface area (Å²) in [6.45, 7) is 2.23. The summed E-state index contributed by atoms with van der Waals surface area (Å²) in [4.78, 5) is 2.10. The highest BCUT2D eigenvalue weighted by Gasteiger charge is 2.26. The van der Waals surface area contributed by atoms with E-state index in [0.29, 0.717) is 26.2 Å². The zero-order chi connectivity index (χ0) is 13.9. The maximum atomic E-state index is 11.9. The van der Waals surface area contributed by atoms with Gasteiger partial charge in [0.25, 0.3) is 0 Å². The second-order valence-corrected chi connectivity index (χ2v) is 6.87. The minimum Gasteiger partial charge on any atom is -0.508 e. The maximum Gasteiger partial charge on any atom is 0.215 e. The number of aromatic hydroxyl groups is 1. The number of alkyl halides is 1. The van der Waals surface area contributed by atoms with E-state index in [9.17, 15) is 13.5 Å². The zero-order valence-corrected chi connectivity index (χ0v) is 12.1. The van der Waals surface area contributed by atoms with Crippen LogP contribution in [0.5, 0.6) is 5.75 Å². The first-order valence-corrected chi connectivity index (χ1v) is 8.25. The predicted molar refractivity (Wildman–Crippen MR) is 76.4 cm³/mol. The summed E-state index contributed by atoms with van der Waals surface area (Å²) < 4.78 is 25.2. The van der Waals surface area contributed by atoms with Crippen LogP contribution in [0.4, 0.5) is 5.69 Å². The molecule has 1 aliphatic heterocycles. The number of phenols is 1. The number of halogens is 1. The van der Waals surface area contributed by atoms with Gasteiger partial charge in [-0.25, -0.2) is 8.42 Å². The van der Waals surface area contributed by atoms with Crippen LogP contribution in [0.15, 0.2) is 24.3 Å². The first-order valence-electron chi connectivity index (χ1n) is 6.11. The van der Waals surface area contributed by atoms with Crippen LogP contribution in [0.25, 0.3) is 0 Å². The van der Waals surface area contributed by atoms with Gasteiger partial charge in [0, 0.05) is 37.7 Å². The van der Waals surface area contributed by atoms with Crippen molar-refractivity contribution in [1.82, 2.24) is 4.31 Å². The SMILES string of the molecule is O=S(=O)(CCCl)N1CCN(c2ccc(O)cc2)CC1. The van der Waals surface area contributed by atoms with Crippen molar-refractivity contribution in [2.24, 2.45) is 0 Å². The maximum absolute atomic E-state index is 11.9. The molecule has 5 nitrogen and oxygen atoms in total. The van der Waals surface area contributed by atoms with E-state index < -0.39 is 10.0 Å². The van der Waals surface area contributed by atoms with Gasteiger partial charge in [0.05, 0.1) is 5.75 Å². The van der Waals surface area contributed by atoms with E-state index in [0.717, 1.165) is 5.69 Å². The van der Waals surface area contributed by atoms with Gasteiger partial charge in [0.15, 0.2) is 0 Å². The minimum absolute atomic E-state index is 0.00619. The fourth-order valence-corrected chi connectivity index (χ4v) is 3.87. The summed E-state index contributed by atoms with van der Waals surface area (Å²) in [6.07, 6.45) is 0. The summed E-state index contributed by atoms with van der Waals surface area (Å²) >= 11 is 5.50. The van der Waals surface area contributed by atoms with E-state index in [4.69, 9.17) is 11.6 Å². The summed E-state index contributed by atoms with van der Waals surface area (Å²) in [5.41, 5.74) is 0.993. The molecule has 106 valence electrons. The van der Waals surface area contributed by atoms with Crippen molar-refractivity contribution in [1.29, 1.82) is 0 Å². The molecule has 1 N–H and O–H groups in total. The lowest BCUT2D eigenvalue weighted by Crippen LogP contribution is -2.49. The van der Waals surface area contributed by atoms with Crippen molar-refractivity contribution in [3.8, 4) is 5.75 Å². The van der Waals surface area contributed by atoms with Gasteiger partial charge in [-0.05, 0) is 24.3 Å². The molecular weight excluding hydrogens is 288 g/mol. The van der Waals surface area contributed by atoms with Crippen LogP contribution in [0.3, 0.4) is 0 Å². The molecule has 1 aliphatic rings. The zero-order valence-electron chi connectivity index (χ0n) is 10.5. The summed E-state index contributed by atoms with van der Waals surface area (Å²) in [6, 6.07) is 6.93. The Kier molecular flexibility index (Phi) is 4.54. The molecule has 19 heavy (non-hydrogen) atoms. The van der Waals surface area contributed by atoms with Gasteiger partial charge in [-0.2, -0.15) is 4.31 Å². The highest BCUT2D eigenvalue weighted by atomic mass is 35.5. The first kappa shape index (κ1) is 14.4. The lowest BCUT2D eigenvalue weighted by atomic mass is 10.2. The van der Waals surface area contributed by atoms with Crippen molar-refractivity contribution >= 4 is 27.3 Å². The van der Waals surface area contributed by atoms with Crippen LogP contribution in [0.1, 0.15) is 0 Å². The molecule has 1 saturated heterocycles. The number of rotatable bonds is 4. The van der Waals surface area contributed by atoms with Crippen LogP contribution in [0, 0.1) is 0 Å². The number of piperazine rings is 1. The summed E-state index contributed by atoms with van der Waals surface area (Å²) in [5, 5.41) is 9.24. The van der Waals surface area contributed by atoms with E-state index in [1.54, 1.807) is 12.1 Å². The number of phenolic OH excluding ortho intramolecular Hbond substituents is 1. The first-order chi connectivity index (χ1) is 9.03. The lowest BCUT2D eigenvalue weighted by molar-refractivity contribution is 0.385. The topological polar surface area (TPSA) is 60.9 Å². The number of benzene rings is 1. The van der Waals surface area contributed by atoms with Gasteiger partial charge in [-0.3, -0.25) is 0 Å². The van der Waals surface area contributed by atoms with Gasteiger partial charge in [0.2, 0.25) is 10.0 Å².